The van der Waals surface area contributed by atoms with E-state index in [-0.39, 0.29) is 0 Å². The number of aryl methyl sites for hydroxylation is 2. The summed E-state index contributed by atoms with van der Waals surface area (Å²) in [6.07, 6.45) is 2.92. The summed E-state index contributed by atoms with van der Waals surface area (Å²) in [7, 11) is 0. The first-order chi connectivity index (χ1) is 5.29. The Kier molecular flexibility index (Phi) is 1.22. The Morgan fingerprint density at radius 1 is 1.36 bits per heavy atom. The third-order valence-electron chi connectivity index (χ3n) is 2.08. The van der Waals surface area contributed by atoms with Gasteiger partial charge in [-0.1, -0.05) is 6.07 Å². The van der Waals surface area contributed by atoms with Crippen LogP contribution < -0.4 is 0 Å². The highest BCUT2D eigenvalue weighted by Crippen LogP contribution is 2.17. The lowest BCUT2D eigenvalue weighted by molar-refractivity contribution is 1.11. The highest BCUT2D eigenvalue weighted by molar-refractivity contribution is 5.81. The summed E-state index contributed by atoms with van der Waals surface area (Å²) in [6, 6.07) is 4.12. The van der Waals surface area contributed by atoms with E-state index >= 15 is 0 Å². The molecule has 0 fully saturated rings. The van der Waals surface area contributed by atoms with Crippen LogP contribution in [0, 0.1) is 20.0 Å². The van der Waals surface area contributed by atoms with Crippen molar-refractivity contribution in [2.75, 3.05) is 0 Å². The zero-order chi connectivity index (χ0) is 7.84. The highest BCUT2D eigenvalue weighted by Gasteiger charge is 2.00. The number of aromatic nitrogens is 2. The normalized spacial score (nSPS) is 10.7. The van der Waals surface area contributed by atoms with Gasteiger partial charge in [0.2, 0.25) is 0 Å². The Bertz CT molecular complexity index is 387. The third kappa shape index (κ3) is 0.827. The van der Waals surface area contributed by atoms with Crippen molar-refractivity contribution in [2.24, 2.45) is 0 Å². The number of rotatable bonds is 0. The van der Waals surface area contributed by atoms with Crippen LogP contribution in [0.1, 0.15) is 11.1 Å². The van der Waals surface area contributed by atoms with Gasteiger partial charge in [0.25, 0.3) is 0 Å². The second-order valence-corrected chi connectivity index (χ2v) is 2.77. The molecule has 2 rings (SSSR count). The Hall–Kier alpha value is -1.31. The first kappa shape index (κ1) is 6.40. The van der Waals surface area contributed by atoms with Gasteiger partial charge in [-0.05, 0) is 31.0 Å². The quantitative estimate of drug-likeness (QED) is 0.603. The predicted octanol–water partition coefficient (Wildman–Crippen LogP) is 1.98. The molecule has 2 nitrogen and oxygen atoms in total. The fourth-order valence-corrected chi connectivity index (χ4v) is 1.20. The molecular weight excluding hydrogens is 136 g/mol. The Balaban J connectivity index is 2.93. The number of nitrogens with zero attached hydrogens (tertiary/aromatic N) is 1. The molecule has 55 valence electrons. The zero-order valence-electron chi connectivity index (χ0n) is 6.60. The molecule has 0 atom stereocenters. The summed E-state index contributed by atoms with van der Waals surface area (Å²) in [5, 5.41) is 7.84. The van der Waals surface area contributed by atoms with Crippen LogP contribution in [0.4, 0.5) is 0 Å². The van der Waals surface area contributed by atoms with Crippen LogP contribution in [-0.4, -0.2) is 10.2 Å². The van der Waals surface area contributed by atoms with Gasteiger partial charge in [0.1, 0.15) is 6.20 Å². The number of hydrogen-bond acceptors (Lipinski definition) is 1. The molecule has 0 aliphatic heterocycles. The van der Waals surface area contributed by atoms with Crippen molar-refractivity contribution in [3.8, 4) is 0 Å². The first-order valence-electron chi connectivity index (χ1n) is 3.61. The van der Waals surface area contributed by atoms with Gasteiger partial charge in [-0.15, -0.1) is 0 Å². The van der Waals surface area contributed by atoms with E-state index in [1.54, 1.807) is 0 Å². The summed E-state index contributed by atoms with van der Waals surface area (Å²) in [4.78, 5) is 0. The average Bonchev–Trinajstić information content (AvgIpc) is 2.45. The number of H-pyrrole nitrogens is 1. The number of hydrogen-bond donors (Lipinski definition) is 1. The van der Waals surface area contributed by atoms with Gasteiger partial charge in [-0.3, -0.25) is 5.10 Å². The van der Waals surface area contributed by atoms with Crippen LogP contribution in [-0.2, 0) is 0 Å². The maximum Gasteiger partial charge on any atom is 0.121 e. The van der Waals surface area contributed by atoms with Crippen LogP contribution >= 0.6 is 0 Å². The molecule has 1 heterocycles. The number of nitrogens with one attached hydrogen (secondary N) is 1. The molecule has 0 spiro atoms. The van der Waals surface area contributed by atoms with Crippen LogP contribution in [0.5, 0.6) is 0 Å². The van der Waals surface area contributed by atoms with Gasteiger partial charge >= 0.3 is 0 Å². The van der Waals surface area contributed by atoms with Gasteiger partial charge in [-0.2, -0.15) is 5.10 Å². The topological polar surface area (TPSA) is 28.7 Å². The van der Waals surface area contributed by atoms with Gasteiger partial charge < -0.3 is 0 Å². The van der Waals surface area contributed by atoms with Crippen molar-refractivity contribution in [1.29, 1.82) is 0 Å². The van der Waals surface area contributed by atoms with E-state index in [9.17, 15) is 0 Å². The molecule has 0 unspecified atom stereocenters. The summed E-state index contributed by atoms with van der Waals surface area (Å²) < 4.78 is 0. The third-order valence-corrected chi connectivity index (χ3v) is 2.08. The fraction of sp³-hybridized carbons (Fsp3) is 0.222. The zero-order valence-corrected chi connectivity index (χ0v) is 6.60. The van der Waals surface area contributed by atoms with E-state index in [1.165, 1.54) is 11.1 Å². The summed E-state index contributed by atoms with van der Waals surface area (Å²) >= 11 is 0. The second kappa shape index (κ2) is 2.09. The van der Waals surface area contributed by atoms with Crippen LogP contribution in [0.15, 0.2) is 12.1 Å². The minimum atomic E-state index is 1.06. The lowest BCUT2D eigenvalue weighted by Crippen LogP contribution is -1.80. The standard InChI is InChI=1S/C9H9N2/c1-6-3-4-9-8(7(6)2)5-10-11-9/h3-4H,1-2H3,(H,10,11). The summed E-state index contributed by atoms with van der Waals surface area (Å²) in [5.41, 5.74) is 3.61. The monoisotopic (exact) mass is 145 g/mol. The van der Waals surface area contributed by atoms with Gasteiger partial charge in [0.15, 0.2) is 0 Å². The maximum absolute atomic E-state index is 3.85. The van der Waals surface area contributed by atoms with Gasteiger partial charge in [0.05, 0.1) is 5.52 Å². The summed E-state index contributed by atoms with van der Waals surface area (Å²) in [5.74, 6) is 0. The maximum atomic E-state index is 3.85. The van der Waals surface area contributed by atoms with Gasteiger partial charge in [-0.25, -0.2) is 0 Å². The van der Waals surface area contributed by atoms with Crippen molar-refractivity contribution in [1.82, 2.24) is 10.2 Å². The highest BCUT2D eigenvalue weighted by atomic mass is 15.1. The summed E-state index contributed by atoms with van der Waals surface area (Å²) in [6.45, 7) is 4.18. The molecule has 1 aromatic carbocycles. The molecule has 0 saturated heterocycles. The molecule has 2 aromatic rings. The molecular formula is C9H9N2. The molecule has 1 N–H and O–H groups in total. The molecule has 0 amide bonds. The Morgan fingerprint density at radius 2 is 2.18 bits per heavy atom. The average molecular weight is 145 g/mol. The van der Waals surface area contributed by atoms with Crippen molar-refractivity contribution < 1.29 is 0 Å². The van der Waals surface area contributed by atoms with Crippen LogP contribution in [0.2, 0.25) is 0 Å². The van der Waals surface area contributed by atoms with E-state index in [0.717, 1.165) is 10.9 Å². The minimum absolute atomic E-state index is 1.06. The lowest BCUT2D eigenvalue weighted by Gasteiger charge is -1.98. The molecule has 2 heteroatoms. The van der Waals surface area contributed by atoms with Crippen molar-refractivity contribution >= 4 is 10.9 Å². The predicted molar refractivity (Wildman–Crippen MR) is 44.4 cm³/mol. The number of fused-ring (bicyclic) bond motifs is 1. The lowest BCUT2D eigenvalue weighted by atomic mass is 10.1. The van der Waals surface area contributed by atoms with Crippen molar-refractivity contribution in [3.63, 3.8) is 0 Å². The smallest absolute Gasteiger partial charge is 0.121 e. The molecule has 0 saturated carbocycles. The molecule has 0 bridgehead atoms. The molecule has 0 aliphatic carbocycles. The molecule has 1 radical (unpaired) electrons. The number of benzene rings is 1. The van der Waals surface area contributed by atoms with Crippen molar-refractivity contribution in [3.05, 3.63) is 29.5 Å². The van der Waals surface area contributed by atoms with E-state index in [4.69, 9.17) is 0 Å². The van der Waals surface area contributed by atoms with E-state index < -0.39 is 0 Å². The molecule has 1 aromatic heterocycles. The molecule has 11 heavy (non-hydrogen) atoms. The van der Waals surface area contributed by atoms with Crippen LogP contribution in [0.3, 0.4) is 0 Å². The Labute approximate surface area is 65.2 Å². The minimum Gasteiger partial charge on any atom is -0.277 e. The second-order valence-electron chi connectivity index (χ2n) is 2.77. The van der Waals surface area contributed by atoms with Crippen molar-refractivity contribution in [2.45, 2.75) is 13.8 Å². The Morgan fingerprint density at radius 3 is 3.00 bits per heavy atom. The van der Waals surface area contributed by atoms with Crippen LogP contribution in [0.25, 0.3) is 10.9 Å². The molecule has 0 aliphatic rings. The first-order valence-corrected chi connectivity index (χ1v) is 3.61. The number of aromatic amines is 1. The SMILES string of the molecule is Cc1ccc2[nH]n[c]c2c1C. The fourth-order valence-electron chi connectivity index (χ4n) is 1.20. The van der Waals surface area contributed by atoms with Gasteiger partial charge in [0, 0.05) is 5.39 Å². The van der Waals surface area contributed by atoms with E-state index in [1.807, 2.05) is 6.07 Å². The van der Waals surface area contributed by atoms with E-state index in [0.29, 0.717) is 0 Å². The largest absolute Gasteiger partial charge is 0.277 e. The van der Waals surface area contributed by atoms with E-state index in [2.05, 4.69) is 36.3 Å².